The third-order valence-electron chi connectivity index (χ3n) is 10.6. The summed E-state index contributed by atoms with van der Waals surface area (Å²) in [6, 6.07) is 10.6. The summed E-state index contributed by atoms with van der Waals surface area (Å²) in [6.07, 6.45) is 15.1. The van der Waals surface area contributed by atoms with Gasteiger partial charge in [-0.2, -0.15) is 0 Å². The van der Waals surface area contributed by atoms with Crippen molar-refractivity contribution in [3.63, 3.8) is 0 Å². The van der Waals surface area contributed by atoms with Crippen molar-refractivity contribution in [3.05, 3.63) is 64.1 Å². The Balaban J connectivity index is 1.04. The molecule has 6 rings (SSSR count). The Morgan fingerprint density at radius 2 is 1.60 bits per heavy atom. The van der Waals surface area contributed by atoms with Gasteiger partial charge in [-0.25, -0.2) is 9.97 Å². The van der Waals surface area contributed by atoms with Crippen LogP contribution in [0.5, 0.6) is 0 Å². The number of rotatable bonds is 11. The number of carbonyl (C=O) groups excluding carboxylic acids is 2. The number of likely N-dealkylation sites (tertiary alicyclic amines) is 1. The Morgan fingerprint density at radius 1 is 0.936 bits per heavy atom. The van der Waals surface area contributed by atoms with Crippen LogP contribution in [0.2, 0.25) is 0 Å². The van der Waals surface area contributed by atoms with Gasteiger partial charge in [0.1, 0.15) is 6.04 Å². The van der Waals surface area contributed by atoms with Crippen LogP contribution in [-0.2, 0) is 16.0 Å². The molecule has 3 fully saturated rings. The number of thiophene rings is 1. The van der Waals surface area contributed by atoms with Crippen molar-refractivity contribution in [2.24, 2.45) is 23.7 Å². The largest absolute Gasteiger partial charge is 0.481 e. The number of carboxylic acids is 1. The van der Waals surface area contributed by atoms with Gasteiger partial charge in [0, 0.05) is 43.0 Å². The first-order chi connectivity index (χ1) is 22.8. The molecule has 3 aromatic rings. The molecule has 1 atom stereocenters. The van der Waals surface area contributed by atoms with E-state index < -0.39 is 17.9 Å². The molecule has 9 nitrogen and oxygen atoms in total. The number of carbonyl (C=O) groups is 3. The third-order valence-corrected chi connectivity index (χ3v) is 11.6. The molecule has 3 aliphatic rings. The molecule has 1 saturated carbocycles. The maximum absolute atomic E-state index is 13.4. The fourth-order valence-corrected chi connectivity index (χ4v) is 8.44. The van der Waals surface area contributed by atoms with Crippen molar-refractivity contribution in [1.29, 1.82) is 0 Å². The number of aromatic nitrogens is 2. The molecule has 0 unspecified atom stereocenters. The summed E-state index contributed by atoms with van der Waals surface area (Å²) in [5.74, 6) is 1.32. The van der Waals surface area contributed by atoms with Crippen LogP contribution >= 0.6 is 11.3 Å². The lowest BCUT2D eigenvalue weighted by Crippen LogP contribution is -2.59. The van der Waals surface area contributed by atoms with Crippen LogP contribution in [0, 0.1) is 30.6 Å². The molecular weight excluding hydrogens is 611 g/mol. The van der Waals surface area contributed by atoms with Crippen molar-refractivity contribution in [3.8, 4) is 11.4 Å². The second kappa shape index (κ2) is 15.0. The molecule has 1 aromatic carbocycles. The van der Waals surface area contributed by atoms with Crippen LogP contribution in [0.1, 0.15) is 78.4 Å². The van der Waals surface area contributed by atoms with E-state index in [2.05, 4.69) is 17.1 Å². The minimum Gasteiger partial charge on any atom is -0.481 e. The van der Waals surface area contributed by atoms with Crippen LogP contribution < -0.4 is 10.2 Å². The minimum atomic E-state index is -0.908. The monoisotopic (exact) mass is 657 g/mol. The molecule has 1 aliphatic carbocycles. The smallest absolute Gasteiger partial charge is 0.310 e. The summed E-state index contributed by atoms with van der Waals surface area (Å²) in [6.45, 7) is 6.68. The number of aryl methyl sites for hydroxylation is 1. The number of amides is 2. The van der Waals surface area contributed by atoms with Crippen LogP contribution in [0.4, 0.5) is 5.69 Å². The van der Waals surface area contributed by atoms with Crippen molar-refractivity contribution >= 4 is 34.8 Å². The summed E-state index contributed by atoms with van der Waals surface area (Å²) in [4.78, 5) is 52.5. The van der Waals surface area contributed by atoms with E-state index in [1.54, 1.807) is 6.07 Å². The van der Waals surface area contributed by atoms with E-state index in [0.717, 1.165) is 52.5 Å². The lowest BCUT2D eigenvalue weighted by molar-refractivity contribution is -0.153. The Morgan fingerprint density at radius 3 is 2.19 bits per heavy atom. The summed E-state index contributed by atoms with van der Waals surface area (Å²) in [7, 11) is 0. The highest BCUT2D eigenvalue weighted by atomic mass is 32.1. The number of nitrogens with one attached hydrogen (secondary N) is 1. The van der Waals surface area contributed by atoms with Gasteiger partial charge in [0.2, 0.25) is 5.91 Å². The topological polar surface area (TPSA) is 116 Å². The highest BCUT2D eigenvalue weighted by molar-refractivity contribution is 7.13. The maximum Gasteiger partial charge on any atom is 0.310 e. The van der Waals surface area contributed by atoms with Gasteiger partial charge >= 0.3 is 5.97 Å². The fraction of sp³-hybridized carbons (Fsp3) is 0.541. The van der Waals surface area contributed by atoms with E-state index >= 15 is 0 Å². The van der Waals surface area contributed by atoms with Crippen molar-refractivity contribution < 1.29 is 19.5 Å². The molecule has 2 N–H and O–H groups in total. The van der Waals surface area contributed by atoms with E-state index in [4.69, 9.17) is 9.97 Å². The first kappa shape index (κ1) is 33.1. The predicted octanol–water partition coefficient (Wildman–Crippen LogP) is 6.22. The molecule has 4 heterocycles. The normalized spacial score (nSPS) is 21.2. The third kappa shape index (κ3) is 8.03. The van der Waals surface area contributed by atoms with Crippen molar-refractivity contribution in [2.75, 3.05) is 31.1 Å². The van der Waals surface area contributed by atoms with Crippen LogP contribution in [0.15, 0.2) is 48.8 Å². The fourth-order valence-electron chi connectivity index (χ4n) is 7.67. The van der Waals surface area contributed by atoms with Gasteiger partial charge < -0.3 is 20.2 Å². The maximum atomic E-state index is 13.4. The van der Waals surface area contributed by atoms with Gasteiger partial charge in [-0.05, 0) is 68.1 Å². The highest BCUT2D eigenvalue weighted by Gasteiger charge is 2.39. The zero-order valence-corrected chi connectivity index (χ0v) is 28.4. The molecule has 250 valence electrons. The molecule has 2 aromatic heterocycles. The average molecular weight is 658 g/mol. The Bertz CT molecular complexity index is 1520. The van der Waals surface area contributed by atoms with Gasteiger partial charge in [-0.3, -0.25) is 14.4 Å². The zero-order valence-electron chi connectivity index (χ0n) is 27.6. The number of piperidine rings is 1. The number of aliphatic carboxylic acids is 1. The molecule has 0 bridgehead atoms. The van der Waals surface area contributed by atoms with E-state index in [9.17, 15) is 19.5 Å². The summed E-state index contributed by atoms with van der Waals surface area (Å²) in [5.41, 5.74) is 2.83. The van der Waals surface area contributed by atoms with E-state index in [1.165, 1.54) is 67.6 Å². The molecule has 2 amide bonds. The summed E-state index contributed by atoms with van der Waals surface area (Å²) in [5, 5.41) is 12.2. The number of benzene rings is 1. The molecule has 47 heavy (non-hydrogen) atoms. The zero-order chi connectivity index (χ0) is 32.9. The van der Waals surface area contributed by atoms with Crippen LogP contribution in [-0.4, -0.2) is 70.0 Å². The second-order valence-corrected chi connectivity index (χ2v) is 15.1. The van der Waals surface area contributed by atoms with Gasteiger partial charge in [0.05, 0.1) is 28.9 Å². The molecule has 0 radical (unpaired) electrons. The van der Waals surface area contributed by atoms with E-state index in [1.807, 2.05) is 49.6 Å². The molecular formula is C37H47N5O4S. The molecule has 2 saturated heterocycles. The Kier molecular flexibility index (Phi) is 10.5. The van der Waals surface area contributed by atoms with Gasteiger partial charge in [-0.1, -0.05) is 56.9 Å². The van der Waals surface area contributed by atoms with Gasteiger partial charge in [0.15, 0.2) is 5.82 Å². The van der Waals surface area contributed by atoms with Crippen molar-refractivity contribution in [2.45, 2.75) is 77.7 Å². The van der Waals surface area contributed by atoms with Gasteiger partial charge in [-0.15, -0.1) is 11.3 Å². The SMILES string of the molecule is CCC[C@H]1CC[C@H](C2CCN(c3cnc(-c4ccc(C[C@H](NC(=O)c5ccc(C)s5)C(=O)N5CC(C(=O)O)C5)cc4)nc3)CC2)CC1. The number of anilines is 1. The molecule has 2 aliphatic heterocycles. The van der Waals surface area contributed by atoms with Crippen LogP contribution in [0.3, 0.4) is 0 Å². The Hall–Kier alpha value is -3.79. The number of hydrogen-bond acceptors (Lipinski definition) is 7. The minimum absolute atomic E-state index is 0.156. The summed E-state index contributed by atoms with van der Waals surface area (Å²) >= 11 is 1.37. The first-order valence-electron chi connectivity index (χ1n) is 17.3. The number of hydrogen-bond donors (Lipinski definition) is 2. The number of carboxylic acid groups (broad SMARTS) is 1. The highest BCUT2D eigenvalue weighted by Crippen LogP contribution is 2.39. The van der Waals surface area contributed by atoms with E-state index in [0.29, 0.717) is 17.1 Å². The average Bonchev–Trinajstić information content (AvgIpc) is 3.51. The van der Waals surface area contributed by atoms with E-state index in [-0.39, 0.29) is 24.9 Å². The van der Waals surface area contributed by atoms with Crippen LogP contribution in [0.25, 0.3) is 11.4 Å². The first-order valence-corrected chi connectivity index (χ1v) is 18.1. The Labute approximate surface area is 281 Å². The standard InChI is InChI=1S/C37H47N5O4S/c1-3-4-25-6-10-27(11-7-25)28-15-17-41(18-16-28)31-20-38-34(39-21-31)29-12-8-26(9-13-29)19-32(36(44)42-22-30(23-42)37(45)46)40-35(43)33-14-5-24(2)47-33/h5,8-9,12-14,20-21,25,27-28,30,32H,3-4,6-7,10-11,15-19,22-23H2,1-2H3,(H,40,43)(H,45,46)/t25-,27-,32-/m0/s1. The predicted molar refractivity (Wildman–Crippen MR) is 184 cm³/mol. The molecule has 0 spiro atoms. The lowest BCUT2D eigenvalue weighted by atomic mass is 9.72. The lowest BCUT2D eigenvalue weighted by Gasteiger charge is -2.39. The number of nitrogens with zero attached hydrogens (tertiary/aromatic N) is 4. The summed E-state index contributed by atoms with van der Waals surface area (Å²) < 4.78 is 0. The molecule has 10 heteroatoms. The van der Waals surface area contributed by atoms with Crippen molar-refractivity contribution in [1.82, 2.24) is 20.2 Å². The van der Waals surface area contributed by atoms with Gasteiger partial charge in [0.25, 0.3) is 5.91 Å². The second-order valence-electron chi connectivity index (χ2n) is 13.8. The quantitative estimate of drug-likeness (QED) is 0.252.